The first-order valence-electron chi connectivity index (χ1n) is 10.1. The highest BCUT2D eigenvalue weighted by atomic mass is 79.9. The number of rotatable bonds is 3. The molecule has 3 heterocycles. The normalized spacial score (nSPS) is 25.9. The molecule has 0 bridgehead atoms. The molecule has 156 valence electrons. The number of benzene rings is 1. The molecule has 2 unspecified atom stereocenters. The van der Waals surface area contributed by atoms with Gasteiger partial charge in [0.15, 0.2) is 0 Å². The van der Waals surface area contributed by atoms with Crippen LogP contribution in [0.2, 0.25) is 0 Å². The second-order valence-corrected chi connectivity index (χ2v) is 9.50. The lowest BCUT2D eigenvalue weighted by Gasteiger charge is -2.51. The van der Waals surface area contributed by atoms with E-state index >= 15 is 0 Å². The number of aliphatic hydroxyl groups is 1. The van der Waals surface area contributed by atoms with Crippen molar-refractivity contribution in [3.8, 4) is 0 Å². The maximum absolute atomic E-state index is 12.4. The SMILES string of the molecule is CN1C[C@H](COC(=O)c2cncc(Br)c2)CC2c3cccc4c3c(cn4C)CC21O. The average Bonchev–Trinajstić information content (AvgIpc) is 3.04. The Morgan fingerprint density at radius 2 is 2.20 bits per heavy atom. The number of aryl methyl sites for hydroxylation is 1. The third-order valence-corrected chi connectivity index (χ3v) is 7.10. The summed E-state index contributed by atoms with van der Waals surface area (Å²) in [5.74, 6) is -0.251. The minimum atomic E-state index is -0.919. The van der Waals surface area contributed by atoms with Gasteiger partial charge >= 0.3 is 5.97 Å². The van der Waals surface area contributed by atoms with E-state index in [0.29, 0.717) is 25.1 Å². The number of piperidine rings is 1. The van der Waals surface area contributed by atoms with E-state index in [2.05, 4.69) is 56.9 Å². The molecule has 1 N–H and O–H groups in total. The van der Waals surface area contributed by atoms with Gasteiger partial charge in [0.1, 0.15) is 5.72 Å². The van der Waals surface area contributed by atoms with Gasteiger partial charge in [-0.15, -0.1) is 0 Å². The van der Waals surface area contributed by atoms with Crippen LogP contribution in [-0.4, -0.2) is 51.5 Å². The van der Waals surface area contributed by atoms with Crippen LogP contribution in [0.4, 0.5) is 0 Å². The van der Waals surface area contributed by atoms with Gasteiger partial charge in [-0.25, -0.2) is 4.79 Å². The van der Waals surface area contributed by atoms with Crippen LogP contribution in [-0.2, 0) is 18.2 Å². The van der Waals surface area contributed by atoms with Crippen molar-refractivity contribution in [2.45, 2.75) is 24.5 Å². The fourth-order valence-corrected chi connectivity index (χ4v) is 5.60. The van der Waals surface area contributed by atoms with E-state index in [9.17, 15) is 9.90 Å². The lowest BCUT2D eigenvalue weighted by Crippen LogP contribution is -2.59. The third-order valence-electron chi connectivity index (χ3n) is 6.66. The van der Waals surface area contributed by atoms with Crippen molar-refractivity contribution in [2.75, 3.05) is 20.2 Å². The zero-order valence-corrected chi connectivity index (χ0v) is 18.6. The van der Waals surface area contributed by atoms with Crippen molar-refractivity contribution < 1.29 is 14.6 Å². The van der Waals surface area contributed by atoms with E-state index < -0.39 is 5.72 Å². The van der Waals surface area contributed by atoms with Crippen molar-refractivity contribution >= 4 is 32.8 Å². The van der Waals surface area contributed by atoms with Crippen molar-refractivity contribution in [1.29, 1.82) is 0 Å². The summed E-state index contributed by atoms with van der Waals surface area (Å²) >= 11 is 3.33. The molecule has 1 saturated heterocycles. The Hall–Kier alpha value is -2.22. The molecule has 3 aromatic rings. The summed E-state index contributed by atoms with van der Waals surface area (Å²) in [7, 11) is 4.02. The molecule has 0 amide bonds. The fraction of sp³-hybridized carbons (Fsp3) is 0.391. The summed E-state index contributed by atoms with van der Waals surface area (Å²) in [6.45, 7) is 0.995. The quantitative estimate of drug-likeness (QED) is 0.594. The molecule has 6 nitrogen and oxygen atoms in total. The van der Waals surface area contributed by atoms with Crippen molar-refractivity contribution in [3.63, 3.8) is 0 Å². The van der Waals surface area contributed by atoms with Crippen LogP contribution in [0.3, 0.4) is 0 Å². The van der Waals surface area contributed by atoms with Gasteiger partial charge in [-0.1, -0.05) is 12.1 Å². The number of carbonyl (C=O) groups is 1. The van der Waals surface area contributed by atoms with Gasteiger partial charge in [-0.05, 0) is 52.7 Å². The number of aromatic nitrogens is 2. The molecule has 30 heavy (non-hydrogen) atoms. The lowest BCUT2D eigenvalue weighted by atomic mass is 9.70. The maximum Gasteiger partial charge on any atom is 0.339 e. The summed E-state index contributed by atoms with van der Waals surface area (Å²) in [6.07, 6.45) is 6.67. The summed E-state index contributed by atoms with van der Waals surface area (Å²) in [6, 6.07) is 8.04. The Morgan fingerprint density at radius 1 is 1.37 bits per heavy atom. The van der Waals surface area contributed by atoms with E-state index in [1.54, 1.807) is 12.3 Å². The van der Waals surface area contributed by atoms with E-state index in [4.69, 9.17) is 4.74 Å². The predicted octanol–water partition coefficient (Wildman–Crippen LogP) is 3.47. The molecule has 2 aliphatic rings. The van der Waals surface area contributed by atoms with E-state index in [-0.39, 0.29) is 17.8 Å². The third kappa shape index (κ3) is 3.07. The van der Waals surface area contributed by atoms with E-state index in [1.807, 2.05) is 11.9 Å². The van der Waals surface area contributed by atoms with Crippen molar-refractivity contribution in [2.24, 2.45) is 13.0 Å². The highest BCUT2D eigenvalue weighted by Crippen LogP contribution is 2.49. The molecule has 1 fully saturated rings. The molecule has 1 aliphatic carbocycles. The van der Waals surface area contributed by atoms with Gasteiger partial charge in [0.2, 0.25) is 0 Å². The molecule has 1 aliphatic heterocycles. The van der Waals surface area contributed by atoms with Crippen LogP contribution in [0, 0.1) is 5.92 Å². The van der Waals surface area contributed by atoms with Crippen LogP contribution < -0.4 is 0 Å². The molecule has 0 spiro atoms. The second-order valence-electron chi connectivity index (χ2n) is 8.59. The number of ether oxygens (including phenoxy) is 1. The Labute approximate surface area is 183 Å². The number of hydrogen-bond donors (Lipinski definition) is 1. The van der Waals surface area contributed by atoms with Crippen molar-refractivity contribution in [3.05, 3.63) is 64.0 Å². The molecule has 7 heteroatoms. The highest BCUT2D eigenvalue weighted by Gasteiger charge is 2.50. The summed E-state index contributed by atoms with van der Waals surface area (Å²) in [5.41, 5.74) is 3.10. The summed E-state index contributed by atoms with van der Waals surface area (Å²) in [4.78, 5) is 18.5. The average molecular weight is 470 g/mol. The van der Waals surface area contributed by atoms with Gasteiger partial charge < -0.3 is 14.4 Å². The van der Waals surface area contributed by atoms with Crippen LogP contribution in [0.15, 0.2) is 47.3 Å². The molecular weight excluding hydrogens is 446 g/mol. The Morgan fingerprint density at radius 3 is 3.00 bits per heavy atom. The molecule has 2 aromatic heterocycles. The van der Waals surface area contributed by atoms with E-state index in [0.717, 1.165) is 10.9 Å². The van der Waals surface area contributed by atoms with Crippen molar-refractivity contribution in [1.82, 2.24) is 14.5 Å². The zero-order valence-electron chi connectivity index (χ0n) is 17.0. The maximum atomic E-state index is 12.4. The van der Waals surface area contributed by atoms with Gasteiger partial charge in [-0.3, -0.25) is 9.88 Å². The number of fused-ring (bicyclic) bond motifs is 2. The lowest BCUT2D eigenvalue weighted by molar-refractivity contribution is -0.151. The number of pyridine rings is 1. The molecule has 1 aromatic carbocycles. The van der Waals surface area contributed by atoms with Gasteiger partial charge in [0.05, 0.1) is 12.2 Å². The van der Waals surface area contributed by atoms with Gasteiger partial charge in [-0.2, -0.15) is 0 Å². The second kappa shape index (κ2) is 7.18. The number of carbonyl (C=O) groups excluding carboxylic acids is 1. The minimum Gasteiger partial charge on any atom is -0.462 e. The largest absolute Gasteiger partial charge is 0.462 e. The van der Waals surface area contributed by atoms with Crippen LogP contribution in [0.5, 0.6) is 0 Å². The minimum absolute atomic E-state index is 0.0221. The van der Waals surface area contributed by atoms with Crippen LogP contribution >= 0.6 is 15.9 Å². The first-order chi connectivity index (χ1) is 14.4. The highest BCUT2D eigenvalue weighted by molar-refractivity contribution is 9.10. The summed E-state index contributed by atoms with van der Waals surface area (Å²) in [5, 5.41) is 12.9. The monoisotopic (exact) mass is 469 g/mol. The molecular formula is C23H24BrN3O3. The topological polar surface area (TPSA) is 67.6 Å². The zero-order chi connectivity index (χ0) is 21.0. The fourth-order valence-electron chi connectivity index (χ4n) is 5.24. The molecule has 5 rings (SSSR count). The Balaban J connectivity index is 1.39. The predicted molar refractivity (Wildman–Crippen MR) is 117 cm³/mol. The first-order valence-corrected chi connectivity index (χ1v) is 10.9. The van der Waals surface area contributed by atoms with Gasteiger partial charge in [0.25, 0.3) is 0 Å². The Kier molecular flexibility index (Phi) is 4.72. The number of likely N-dealkylation sites (tertiary alicyclic amines) is 1. The Bertz CT molecular complexity index is 1140. The summed E-state index contributed by atoms with van der Waals surface area (Å²) < 4.78 is 8.50. The molecule has 3 atom stereocenters. The number of nitrogens with zero attached hydrogens (tertiary/aromatic N) is 3. The number of hydrogen-bond acceptors (Lipinski definition) is 5. The number of likely N-dealkylation sites (N-methyl/N-ethyl adjacent to an activating group) is 1. The molecule has 0 radical (unpaired) electrons. The van der Waals surface area contributed by atoms with Gasteiger partial charge in [0, 0.05) is 65.8 Å². The van der Waals surface area contributed by atoms with Crippen LogP contribution in [0.25, 0.3) is 10.9 Å². The van der Waals surface area contributed by atoms with E-state index in [1.165, 1.54) is 28.2 Å². The number of esters is 1. The first kappa shape index (κ1) is 19.7. The molecule has 0 saturated carbocycles. The smallest absolute Gasteiger partial charge is 0.339 e. The van der Waals surface area contributed by atoms with Crippen LogP contribution in [0.1, 0.15) is 33.8 Å². The number of halogens is 1. The standard InChI is InChI=1S/C23H24BrN3O3/c1-26-12-16-8-23(29)19(18-4-3-5-20(26)21(16)18)6-14(11-27(23)2)13-30-22(28)15-7-17(24)10-25-9-15/h3-5,7,9-10,12,14,19,29H,6,8,11,13H2,1-2H3/t14-,19?,23?/m1/s1.